The van der Waals surface area contributed by atoms with Crippen molar-refractivity contribution in [3.05, 3.63) is 102 Å². The molecule has 3 aromatic carbocycles. The van der Waals surface area contributed by atoms with Crippen molar-refractivity contribution in [2.75, 3.05) is 4.90 Å². The number of benzene rings is 3. The predicted molar refractivity (Wildman–Crippen MR) is 92.3 cm³/mol. The zero-order valence-electron chi connectivity index (χ0n) is 13.0. The van der Waals surface area contributed by atoms with Gasteiger partial charge >= 0.3 is 0 Å². The van der Waals surface area contributed by atoms with Gasteiger partial charge in [0.25, 0.3) is 5.91 Å². The van der Waals surface area contributed by atoms with Gasteiger partial charge in [-0.25, -0.2) is 4.39 Å². The SMILES string of the molecule is O=C1N(c2ccccc2)[C@@H](c2ccccc2)[C@]1(F)c1ccccc1. The van der Waals surface area contributed by atoms with Crippen LogP contribution in [0.15, 0.2) is 91.0 Å². The molecule has 1 heterocycles. The molecule has 0 unspecified atom stereocenters. The van der Waals surface area contributed by atoms with Gasteiger partial charge in [-0.1, -0.05) is 78.9 Å². The molecule has 1 amide bonds. The van der Waals surface area contributed by atoms with Crippen LogP contribution in [0.2, 0.25) is 0 Å². The minimum atomic E-state index is -2.04. The van der Waals surface area contributed by atoms with Crippen LogP contribution in [0, 0.1) is 0 Å². The number of carbonyl (C=O) groups is 1. The van der Waals surface area contributed by atoms with Crippen molar-refractivity contribution >= 4 is 11.6 Å². The van der Waals surface area contributed by atoms with Crippen LogP contribution < -0.4 is 4.90 Å². The first-order chi connectivity index (χ1) is 11.7. The molecule has 1 fully saturated rings. The molecule has 0 saturated carbocycles. The van der Waals surface area contributed by atoms with Crippen LogP contribution in [0.3, 0.4) is 0 Å². The zero-order chi connectivity index (χ0) is 16.6. The van der Waals surface area contributed by atoms with E-state index in [0.717, 1.165) is 5.56 Å². The Bertz CT molecular complexity index is 851. The van der Waals surface area contributed by atoms with Gasteiger partial charge in [0.05, 0.1) is 0 Å². The Kier molecular flexibility index (Phi) is 3.42. The smallest absolute Gasteiger partial charge is 0.272 e. The molecule has 1 saturated heterocycles. The number of anilines is 1. The second-order valence-corrected chi connectivity index (χ2v) is 5.90. The lowest BCUT2D eigenvalue weighted by atomic mass is 9.74. The monoisotopic (exact) mass is 317 g/mol. The fourth-order valence-electron chi connectivity index (χ4n) is 3.35. The Hall–Kier alpha value is -2.94. The fourth-order valence-corrected chi connectivity index (χ4v) is 3.35. The van der Waals surface area contributed by atoms with E-state index in [1.54, 1.807) is 29.2 Å². The van der Waals surface area contributed by atoms with Gasteiger partial charge in [-0.2, -0.15) is 0 Å². The maximum atomic E-state index is 15.9. The Morgan fingerprint density at radius 3 is 1.83 bits per heavy atom. The number of amides is 1. The van der Waals surface area contributed by atoms with Crippen molar-refractivity contribution < 1.29 is 9.18 Å². The van der Waals surface area contributed by atoms with Gasteiger partial charge in [-0.05, 0) is 17.7 Å². The number of β-lactam (4-membered cyclic amide) rings is 1. The van der Waals surface area contributed by atoms with Gasteiger partial charge in [0, 0.05) is 11.3 Å². The number of para-hydroxylation sites is 1. The molecule has 4 rings (SSSR count). The van der Waals surface area contributed by atoms with E-state index in [1.807, 2.05) is 66.7 Å². The summed E-state index contributed by atoms with van der Waals surface area (Å²) in [5.74, 6) is -0.520. The van der Waals surface area contributed by atoms with Gasteiger partial charge < -0.3 is 0 Å². The summed E-state index contributed by atoms with van der Waals surface area (Å²) in [7, 11) is 0. The Morgan fingerprint density at radius 1 is 0.750 bits per heavy atom. The highest BCUT2D eigenvalue weighted by Crippen LogP contribution is 2.54. The molecule has 0 radical (unpaired) electrons. The number of alkyl halides is 1. The lowest BCUT2D eigenvalue weighted by molar-refractivity contribution is -0.144. The molecule has 0 aliphatic carbocycles. The van der Waals surface area contributed by atoms with Gasteiger partial charge in [0.1, 0.15) is 6.04 Å². The van der Waals surface area contributed by atoms with E-state index < -0.39 is 17.6 Å². The van der Waals surface area contributed by atoms with Gasteiger partial charge in [0.15, 0.2) is 0 Å². The summed E-state index contributed by atoms with van der Waals surface area (Å²) in [6.07, 6.45) is 0. The highest BCUT2D eigenvalue weighted by atomic mass is 19.1. The molecule has 1 aliphatic heterocycles. The van der Waals surface area contributed by atoms with Crippen molar-refractivity contribution in [1.29, 1.82) is 0 Å². The summed E-state index contributed by atoms with van der Waals surface area (Å²) >= 11 is 0. The normalized spacial score (nSPS) is 23.0. The Balaban J connectivity index is 1.85. The van der Waals surface area contributed by atoms with E-state index in [-0.39, 0.29) is 0 Å². The maximum Gasteiger partial charge on any atom is 0.272 e. The molecule has 3 aromatic rings. The third-order valence-corrected chi connectivity index (χ3v) is 4.51. The van der Waals surface area contributed by atoms with Gasteiger partial charge in [-0.3, -0.25) is 9.69 Å². The molecule has 0 bridgehead atoms. The number of rotatable bonds is 3. The number of carbonyl (C=O) groups excluding carboxylic acids is 1. The van der Waals surface area contributed by atoms with E-state index in [4.69, 9.17) is 0 Å². The topological polar surface area (TPSA) is 20.3 Å². The third-order valence-electron chi connectivity index (χ3n) is 4.51. The lowest BCUT2D eigenvalue weighted by Crippen LogP contribution is -2.64. The maximum absolute atomic E-state index is 15.9. The standard InChI is InChI=1S/C21H16FNO/c22-21(17-12-6-2-7-13-17)19(16-10-4-1-5-11-16)23(20(21)24)18-14-8-3-9-15-18/h1-15,19H/t19-,21+/m0/s1. The molecule has 0 N–H and O–H groups in total. The molecular weight excluding hydrogens is 301 g/mol. The van der Waals surface area contributed by atoms with Crippen molar-refractivity contribution in [3.8, 4) is 0 Å². The summed E-state index contributed by atoms with van der Waals surface area (Å²) < 4.78 is 15.9. The van der Waals surface area contributed by atoms with Crippen LogP contribution in [-0.2, 0) is 10.5 Å². The summed E-state index contributed by atoms with van der Waals surface area (Å²) in [5.41, 5.74) is -0.151. The fraction of sp³-hybridized carbons (Fsp3) is 0.0952. The van der Waals surface area contributed by atoms with Crippen LogP contribution >= 0.6 is 0 Å². The quantitative estimate of drug-likeness (QED) is 0.644. The van der Waals surface area contributed by atoms with Gasteiger partial charge in [-0.15, -0.1) is 0 Å². The van der Waals surface area contributed by atoms with Crippen LogP contribution in [0.4, 0.5) is 10.1 Å². The first kappa shape index (κ1) is 14.6. The minimum absolute atomic E-state index is 0.399. The molecule has 24 heavy (non-hydrogen) atoms. The van der Waals surface area contributed by atoms with Crippen molar-refractivity contribution in [3.63, 3.8) is 0 Å². The largest absolute Gasteiger partial charge is 0.298 e. The average molecular weight is 317 g/mol. The molecule has 1 aliphatic rings. The van der Waals surface area contributed by atoms with Gasteiger partial charge in [0.2, 0.25) is 5.67 Å². The summed E-state index contributed by atoms with van der Waals surface area (Å²) in [6, 6.07) is 26.6. The van der Waals surface area contributed by atoms with E-state index in [0.29, 0.717) is 11.3 Å². The van der Waals surface area contributed by atoms with Crippen LogP contribution in [0.5, 0.6) is 0 Å². The van der Waals surface area contributed by atoms with E-state index in [1.165, 1.54) is 0 Å². The Morgan fingerprint density at radius 2 is 1.25 bits per heavy atom. The molecule has 2 atom stereocenters. The van der Waals surface area contributed by atoms with Crippen LogP contribution in [0.25, 0.3) is 0 Å². The van der Waals surface area contributed by atoms with Crippen LogP contribution in [0.1, 0.15) is 17.2 Å². The highest BCUT2D eigenvalue weighted by Gasteiger charge is 2.64. The predicted octanol–water partition coefficient (Wildman–Crippen LogP) is 4.64. The van der Waals surface area contributed by atoms with Crippen molar-refractivity contribution in [2.24, 2.45) is 0 Å². The molecule has 3 heteroatoms. The third kappa shape index (κ3) is 2.05. The molecule has 118 valence electrons. The second-order valence-electron chi connectivity index (χ2n) is 5.90. The number of nitrogens with zero attached hydrogens (tertiary/aromatic N) is 1. The van der Waals surface area contributed by atoms with E-state index >= 15 is 4.39 Å². The summed E-state index contributed by atoms with van der Waals surface area (Å²) in [4.78, 5) is 14.4. The first-order valence-electron chi connectivity index (χ1n) is 7.91. The van der Waals surface area contributed by atoms with Crippen molar-refractivity contribution in [1.82, 2.24) is 0 Å². The first-order valence-corrected chi connectivity index (χ1v) is 7.91. The molecule has 0 aromatic heterocycles. The molecular formula is C21H16FNO. The number of hydrogen-bond acceptors (Lipinski definition) is 1. The lowest BCUT2D eigenvalue weighted by Gasteiger charge is -2.51. The number of halogens is 1. The van der Waals surface area contributed by atoms with Crippen LogP contribution in [-0.4, -0.2) is 5.91 Å². The van der Waals surface area contributed by atoms with E-state index in [9.17, 15) is 4.79 Å². The summed E-state index contributed by atoms with van der Waals surface area (Å²) in [5, 5.41) is 0. The van der Waals surface area contributed by atoms with Crippen molar-refractivity contribution in [2.45, 2.75) is 11.7 Å². The van der Waals surface area contributed by atoms with E-state index in [2.05, 4.69) is 0 Å². The zero-order valence-corrected chi connectivity index (χ0v) is 13.0. The number of hydrogen-bond donors (Lipinski definition) is 0. The molecule has 2 nitrogen and oxygen atoms in total. The average Bonchev–Trinajstić information content (AvgIpc) is 2.67. The Labute approximate surface area is 140 Å². The minimum Gasteiger partial charge on any atom is -0.298 e. The summed E-state index contributed by atoms with van der Waals surface area (Å²) in [6.45, 7) is 0. The molecule has 0 spiro atoms. The highest BCUT2D eigenvalue weighted by molar-refractivity contribution is 6.08. The second kappa shape index (κ2) is 5.60.